The molecule has 35 heavy (non-hydrogen) atoms. The molecule has 1 amide bonds. The minimum absolute atomic E-state index is 0.103. The molecular weight excluding hydrogens is 470 g/mol. The van der Waals surface area contributed by atoms with Crippen LogP contribution in [-0.2, 0) is 6.54 Å². The average Bonchev–Trinajstić information content (AvgIpc) is 3.12. The van der Waals surface area contributed by atoms with Crippen molar-refractivity contribution in [1.82, 2.24) is 24.1 Å². The molecule has 2 aromatic carbocycles. The van der Waals surface area contributed by atoms with E-state index in [1.54, 1.807) is 36.4 Å². The Bertz CT molecular complexity index is 1560. The average molecular weight is 496 g/mol. The maximum absolute atomic E-state index is 13.4. The lowest BCUT2D eigenvalue weighted by molar-refractivity contribution is 0.0946. The van der Waals surface area contributed by atoms with Gasteiger partial charge in [-0.3, -0.25) is 19.0 Å². The van der Waals surface area contributed by atoms with E-state index in [0.29, 0.717) is 22.7 Å². The summed E-state index contributed by atoms with van der Waals surface area (Å²) in [7, 11) is 0. The van der Waals surface area contributed by atoms with Crippen LogP contribution in [-0.4, -0.2) is 37.0 Å². The summed E-state index contributed by atoms with van der Waals surface area (Å²) in [5.41, 5.74) is 0.0418. The van der Waals surface area contributed by atoms with Crippen molar-refractivity contribution < 1.29 is 9.59 Å². The van der Waals surface area contributed by atoms with Gasteiger partial charge in [-0.2, -0.15) is 0 Å². The van der Waals surface area contributed by atoms with Gasteiger partial charge in [0.25, 0.3) is 11.5 Å². The Labute approximate surface area is 205 Å². The first-order valence-corrected chi connectivity index (χ1v) is 11.7. The molecule has 0 saturated carbocycles. The van der Waals surface area contributed by atoms with Crippen molar-refractivity contribution in [3.8, 4) is 0 Å². The van der Waals surface area contributed by atoms with Crippen molar-refractivity contribution in [3.05, 3.63) is 79.5 Å². The highest BCUT2D eigenvalue weighted by molar-refractivity contribution is 6.30. The van der Waals surface area contributed by atoms with E-state index in [1.807, 2.05) is 27.7 Å². The highest BCUT2D eigenvalue weighted by atomic mass is 35.5. The van der Waals surface area contributed by atoms with Gasteiger partial charge in [0.15, 0.2) is 5.78 Å². The van der Waals surface area contributed by atoms with E-state index < -0.39 is 5.69 Å². The first-order chi connectivity index (χ1) is 16.6. The quantitative estimate of drug-likeness (QED) is 0.396. The zero-order chi connectivity index (χ0) is 25.4. The van der Waals surface area contributed by atoms with Crippen LogP contribution in [0, 0.1) is 5.92 Å². The van der Waals surface area contributed by atoms with Crippen LogP contribution in [0.1, 0.15) is 54.5 Å². The number of hydrogen-bond donors (Lipinski definition) is 1. The fourth-order valence-corrected chi connectivity index (χ4v) is 3.98. The number of benzene rings is 2. The number of nitrogens with one attached hydrogen (secondary N) is 1. The number of Topliss-reactive ketones (excluding diaryl/α,β-unsaturated/α-hetero) is 1. The monoisotopic (exact) mass is 495 g/mol. The Balaban J connectivity index is 1.89. The zero-order valence-corrected chi connectivity index (χ0v) is 20.7. The van der Waals surface area contributed by atoms with Crippen molar-refractivity contribution in [2.75, 3.05) is 6.54 Å². The molecule has 0 aliphatic rings. The largest absolute Gasteiger partial charge is 0.352 e. The van der Waals surface area contributed by atoms with E-state index in [2.05, 4.69) is 10.4 Å². The fourth-order valence-electron chi connectivity index (χ4n) is 3.85. The van der Waals surface area contributed by atoms with E-state index in [1.165, 1.54) is 15.0 Å². The number of rotatable bonds is 7. The van der Waals surface area contributed by atoms with Gasteiger partial charge < -0.3 is 5.32 Å². The highest BCUT2D eigenvalue weighted by Gasteiger charge is 2.21. The van der Waals surface area contributed by atoms with Gasteiger partial charge in [-0.25, -0.2) is 13.9 Å². The van der Waals surface area contributed by atoms with Gasteiger partial charge in [0, 0.05) is 28.7 Å². The summed E-state index contributed by atoms with van der Waals surface area (Å²) in [4.78, 5) is 52.2. The van der Waals surface area contributed by atoms with Crippen LogP contribution in [0.5, 0.6) is 0 Å². The minimum atomic E-state index is -0.582. The summed E-state index contributed by atoms with van der Waals surface area (Å²) in [5, 5.41) is 7.95. The second kappa shape index (κ2) is 9.50. The molecule has 0 aliphatic carbocycles. The van der Waals surface area contributed by atoms with Crippen LogP contribution in [0.15, 0.2) is 52.1 Å². The molecule has 10 heteroatoms. The van der Waals surface area contributed by atoms with Crippen LogP contribution < -0.4 is 16.6 Å². The summed E-state index contributed by atoms with van der Waals surface area (Å²) in [6.07, 6.45) is 0. The molecule has 0 saturated heterocycles. The topological polar surface area (TPSA) is 107 Å². The van der Waals surface area contributed by atoms with Gasteiger partial charge in [0.2, 0.25) is 5.78 Å². The Kier molecular flexibility index (Phi) is 6.62. The van der Waals surface area contributed by atoms with Crippen LogP contribution >= 0.6 is 11.6 Å². The number of fused-ring (bicyclic) bond motifs is 3. The molecule has 0 spiro atoms. The third kappa shape index (κ3) is 4.64. The number of carbonyl (C=O) groups excluding carboxylic acids is 2. The predicted molar refractivity (Wildman–Crippen MR) is 135 cm³/mol. The van der Waals surface area contributed by atoms with Gasteiger partial charge in [-0.05, 0) is 62.2 Å². The fraction of sp³-hybridized carbons (Fsp3) is 0.320. The Hall–Kier alpha value is -3.72. The van der Waals surface area contributed by atoms with E-state index in [9.17, 15) is 19.2 Å². The zero-order valence-electron chi connectivity index (χ0n) is 19.9. The van der Waals surface area contributed by atoms with Crippen LogP contribution in [0.4, 0.5) is 0 Å². The SMILES string of the molecule is CC(C)CNC(=O)c1ccc2c(=O)n(C(C)C)c3nn(CC(=O)c4ccc(Cl)cc4)c(=O)n3c2c1. The van der Waals surface area contributed by atoms with Crippen molar-refractivity contribution in [2.45, 2.75) is 40.3 Å². The molecule has 2 heterocycles. The second-order valence-corrected chi connectivity index (χ2v) is 9.55. The number of halogens is 1. The molecule has 0 atom stereocenters. The lowest BCUT2D eigenvalue weighted by Crippen LogP contribution is -2.29. The lowest BCUT2D eigenvalue weighted by atomic mass is 10.1. The maximum Gasteiger partial charge on any atom is 0.352 e. The van der Waals surface area contributed by atoms with Crippen LogP contribution in [0.2, 0.25) is 5.02 Å². The van der Waals surface area contributed by atoms with E-state index >= 15 is 0 Å². The third-order valence-corrected chi connectivity index (χ3v) is 5.89. The Morgan fingerprint density at radius 3 is 2.29 bits per heavy atom. The molecule has 182 valence electrons. The van der Waals surface area contributed by atoms with Crippen molar-refractivity contribution in [2.24, 2.45) is 5.92 Å². The van der Waals surface area contributed by atoms with E-state index in [0.717, 1.165) is 4.68 Å². The molecule has 9 nitrogen and oxygen atoms in total. The normalized spacial score (nSPS) is 11.6. The summed E-state index contributed by atoms with van der Waals surface area (Å²) in [6.45, 7) is 7.76. The number of amides is 1. The molecule has 0 bridgehead atoms. The summed E-state index contributed by atoms with van der Waals surface area (Å²) >= 11 is 5.90. The molecule has 0 aliphatic heterocycles. The minimum Gasteiger partial charge on any atom is -0.352 e. The van der Waals surface area contributed by atoms with E-state index in [-0.39, 0.29) is 52.4 Å². The first-order valence-electron chi connectivity index (χ1n) is 11.3. The molecule has 0 fully saturated rings. The number of hydrogen-bond acceptors (Lipinski definition) is 5. The second-order valence-electron chi connectivity index (χ2n) is 9.11. The lowest BCUT2D eigenvalue weighted by Gasteiger charge is -2.13. The highest BCUT2D eigenvalue weighted by Crippen LogP contribution is 2.17. The number of nitrogens with zero attached hydrogens (tertiary/aromatic N) is 4. The smallest absolute Gasteiger partial charge is 0.352 e. The molecule has 1 N–H and O–H groups in total. The van der Waals surface area contributed by atoms with Gasteiger partial charge in [-0.15, -0.1) is 5.10 Å². The maximum atomic E-state index is 13.4. The Morgan fingerprint density at radius 2 is 1.66 bits per heavy atom. The Morgan fingerprint density at radius 1 is 1.00 bits per heavy atom. The van der Waals surface area contributed by atoms with Gasteiger partial charge in [0.05, 0.1) is 10.9 Å². The number of ketones is 1. The summed E-state index contributed by atoms with van der Waals surface area (Å²) in [5.74, 6) is -0.265. The molecule has 0 radical (unpaired) electrons. The van der Waals surface area contributed by atoms with Crippen LogP contribution in [0.25, 0.3) is 16.7 Å². The molecule has 2 aromatic heterocycles. The van der Waals surface area contributed by atoms with Gasteiger partial charge >= 0.3 is 5.69 Å². The molecular formula is C25H26ClN5O4. The van der Waals surface area contributed by atoms with Crippen molar-refractivity contribution in [1.29, 1.82) is 0 Å². The summed E-state index contributed by atoms with van der Waals surface area (Å²) < 4.78 is 3.73. The first kappa shape index (κ1) is 24.4. The van der Waals surface area contributed by atoms with Crippen LogP contribution in [0.3, 0.4) is 0 Å². The summed E-state index contributed by atoms with van der Waals surface area (Å²) in [6, 6.07) is 10.7. The molecule has 4 aromatic rings. The van der Waals surface area contributed by atoms with Crippen molar-refractivity contribution in [3.63, 3.8) is 0 Å². The number of aromatic nitrogens is 4. The standard InChI is InChI=1S/C25H26ClN5O4/c1-14(2)12-27-22(33)17-7-10-19-20(11-17)31-24(30(15(3)4)23(19)34)28-29(25(31)35)13-21(32)16-5-8-18(26)9-6-16/h5-11,14-15H,12-13H2,1-4H3,(H,27,33). The predicted octanol–water partition coefficient (Wildman–Crippen LogP) is 3.31. The van der Waals surface area contributed by atoms with Gasteiger partial charge in [0.1, 0.15) is 6.54 Å². The molecule has 4 rings (SSSR count). The van der Waals surface area contributed by atoms with Crippen molar-refractivity contribution >= 4 is 40.0 Å². The van der Waals surface area contributed by atoms with E-state index in [4.69, 9.17) is 11.6 Å². The number of carbonyl (C=O) groups is 2. The van der Waals surface area contributed by atoms with Gasteiger partial charge in [-0.1, -0.05) is 25.4 Å². The third-order valence-electron chi connectivity index (χ3n) is 5.63. The molecule has 0 unspecified atom stereocenters.